The molecule has 3 nitrogen and oxygen atoms in total. The number of benzene rings is 2. The maximum absolute atomic E-state index is 10.3. The van der Waals surface area contributed by atoms with Gasteiger partial charge in [-0.05, 0) is 50.8 Å². The first-order valence-corrected chi connectivity index (χ1v) is 7.18. The van der Waals surface area contributed by atoms with E-state index in [-0.39, 0.29) is 5.92 Å². The molecule has 0 amide bonds. The second-order valence-corrected chi connectivity index (χ2v) is 5.48. The average molecular weight is 285 g/mol. The zero-order valence-electron chi connectivity index (χ0n) is 12.9. The molecule has 1 unspecified atom stereocenters. The normalized spacial score (nSPS) is 12.4. The van der Waals surface area contributed by atoms with Crippen molar-refractivity contribution in [2.75, 3.05) is 27.7 Å². The first-order chi connectivity index (χ1) is 10.1. The highest BCUT2D eigenvalue weighted by Gasteiger charge is 2.18. The van der Waals surface area contributed by atoms with Crippen LogP contribution in [0.1, 0.15) is 23.5 Å². The van der Waals surface area contributed by atoms with Crippen molar-refractivity contribution in [2.24, 2.45) is 0 Å². The maximum Gasteiger partial charge on any atom is 0.119 e. The molecule has 3 heteroatoms. The SMILES string of the molecule is COc1ccc(O)c(C(CCN(C)C)c2ccccc2)c1. The van der Waals surface area contributed by atoms with Crippen LogP contribution in [0.5, 0.6) is 11.5 Å². The van der Waals surface area contributed by atoms with Gasteiger partial charge >= 0.3 is 0 Å². The van der Waals surface area contributed by atoms with Crippen molar-refractivity contribution >= 4 is 0 Å². The Morgan fingerprint density at radius 1 is 1.10 bits per heavy atom. The van der Waals surface area contributed by atoms with Gasteiger partial charge in [0.1, 0.15) is 11.5 Å². The molecule has 0 aliphatic rings. The van der Waals surface area contributed by atoms with Crippen molar-refractivity contribution in [2.45, 2.75) is 12.3 Å². The summed E-state index contributed by atoms with van der Waals surface area (Å²) in [7, 11) is 5.77. The van der Waals surface area contributed by atoms with Gasteiger partial charge in [0.2, 0.25) is 0 Å². The highest BCUT2D eigenvalue weighted by atomic mass is 16.5. The van der Waals surface area contributed by atoms with Crippen molar-refractivity contribution in [3.63, 3.8) is 0 Å². The van der Waals surface area contributed by atoms with Gasteiger partial charge < -0.3 is 14.7 Å². The number of methoxy groups -OCH3 is 1. The number of rotatable bonds is 6. The van der Waals surface area contributed by atoms with E-state index in [1.165, 1.54) is 5.56 Å². The summed E-state index contributed by atoms with van der Waals surface area (Å²) in [6.07, 6.45) is 0.942. The first-order valence-electron chi connectivity index (χ1n) is 7.18. The zero-order chi connectivity index (χ0) is 15.2. The van der Waals surface area contributed by atoms with Gasteiger partial charge in [0.05, 0.1) is 7.11 Å². The second-order valence-electron chi connectivity index (χ2n) is 5.48. The lowest BCUT2D eigenvalue weighted by Crippen LogP contribution is -2.16. The van der Waals surface area contributed by atoms with Gasteiger partial charge in [-0.2, -0.15) is 0 Å². The fraction of sp³-hybridized carbons (Fsp3) is 0.333. The third kappa shape index (κ3) is 3.99. The van der Waals surface area contributed by atoms with Crippen molar-refractivity contribution in [3.8, 4) is 11.5 Å². The van der Waals surface area contributed by atoms with Crippen LogP contribution >= 0.6 is 0 Å². The lowest BCUT2D eigenvalue weighted by Gasteiger charge is -2.21. The van der Waals surface area contributed by atoms with Crippen LogP contribution in [-0.2, 0) is 0 Å². The van der Waals surface area contributed by atoms with Gasteiger partial charge in [-0.1, -0.05) is 30.3 Å². The minimum absolute atomic E-state index is 0.156. The van der Waals surface area contributed by atoms with Gasteiger partial charge in [0.25, 0.3) is 0 Å². The quantitative estimate of drug-likeness (QED) is 0.882. The summed E-state index contributed by atoms with van der Waals surface area (Å²) >= 11 is 0. The molecule has 0 aliphatic heterocycles. The average Bonchev–Trinajstić information content (AvgIpc) is 2.50. The Morgan fingerprint density at radius 3 is 2.43 bits per heavy atom. The Labute approximate surface area is 126 Å². The van der Waals surface area contributed by atoms with Crippen molar-refractivity contribution in [3.05, 3.63) is 59.7 Å². The smallest absolute Gasteiger partial charge is 0.119 e. The highest BCUT2D eigenvalue weighted by Crippen LogP contribution is 2.36. The fourth-order valence-electron chi connectivity index (χ4n) is 2.51. The minimum atomic E-state index is 0.156. The summed E-state index contributed by atoms with van der Waals surface area (Å²) in [6, 6.07) is 15.7. The molecule has 0 aliphatic carbocycles. The molecule has 0 spiro atoms. The molecule has 2 aromatic carbocycles. The standard InChI is InChI=1S/C18H23NO2/c1-19(2)12-11-16(14-7-5-4-6-8-14)17-13-15(21-3)9-10-18(17)20/h4-10,13,16,20H,11-12H2,1-3H3. The van der Waals surface area contributed by atoms with E-state index in [4.69, 9.17) is 4.74 Å². The fourth-order valence-corrected chi connectivity index (χ4v) is 2.51. The Hall–Kier alpha value is -2.00. The third-order valence-corrected chi connectivity index (χ3v) is 3.68. The first kappa shape index (κ1) is 15.4. The number of nitrogens with zero attached hydrogens (tertiary/aromatic N) is 1. The topological polar surface area (TPSA) is 32.7 Å². The summed E-state index contributed by atoms with van der Waals surface area (Å²) in [5.74, 6) is 1.25. The van der Waals surface area contributed by atoms with Gasteiger partial charge in [0, 0.05) is 11.5 Å². The molecule has 0 saturated carbocycles. The summed E-state index contributed by atoms with van der Waals surface area (Å²) in [6.45, 7) is 0.955. The molecule has 0 saturated heterocycles. The minimum Gasteiger partial charge on any atom is -0.508 e. The van der Waals surface area contributed by atoms with E-state index in [9.17, 15) is 5.11 Å². The summed E-state index contributed by atoms with van der Waals surface area (Å²) in [4.78, 5) is 2.16. The van der Waals surface area contributed by atoms with Gasteiger partial charge in [-0.15, -0.1) is 0 Å². The van der Waals surface area contributed by atoms with Crippen molar-refractivity contribution in [1.29, 1.82) is 0 Å². The van der Waals surface area contributed by atoms with Gasteiger partial charge in [0.15, 0.2) is 0 Å². The van der Waals surface area contributed by atoms with E-state index >= 15 is 0 Å². The molecule has 1 atom stereocenters. The molecule has 2 rings (SSSR count). The molecular weight excluding hydrogens is 262 g/mol. The Bertz CT molecular complexity index is 567. The van der Waals surface area contributed by atoms with Crippen LogP contribution in [0.2, 0.25) is 0 Å². The van der Waals surface area contributed by atoms with Crippen LogP contribution in [0.4, 0.5) is 0 Å². The Balaban J connectivity index is 2.39. The molecule has 0 aromatic heterocycles. The molecule has 2 aromatic rings. The Morgan fingerprint density at radius 2 is 1.81 bits per heavy atom. The molecule has 21 heavy (non-hydrogen) atoms. The van der Waals surface area contributed by atoms with E-state index in [2.05, 4.69) is 31.1 Å². The molecule has 0 fully saturated rings. The number of aromatic hydroxyl groups is 1. The van der Waals surface area contributed by atoms with Crippen molar-refractivity contribution < 1.29 is 9.84 Å². The zero-order valence-corrected chi connectivity index (χ0v) is 12.9. The van der Waals surface area contributed by atoms with E-state index in [1.807, 2.05) is 24.3 Å². The highest BCUT2D eigenvalue weighted by molar-refractivity contribution is 5.45. The van der Waals surface area contributed by atoms with Crippen molar-refractivity contribution in [1.82, 2.24) is 4.90 Å². The van der Waals surface area contributed by atoms with E-state index in [0.29, 0.717) is 5.75 Å². The second kappa shape index (κ2) is 7.14. The molecule has 0 heterocycles. The van der Waals surface area contributed by atoms with Crippen LogP contribution in [0.25, 0.3) is 0 Å². The van der Waals surface area contributed by atoms with E-state index in [0.717, 1.165) is 24.3 Å². The lowest BCUT2D eigenvalue weighted by atomic mass is 9.87. The van der Waals surface area contributed by atoms with Crippen LogP contribution < -0.4 is 4.74 Å². The number of phenolic OH excluding ortho intramolecular Hbond substituents is 1. The van der Waals surface area contributed by atoms with Crippen LogP contribution in [0, 0.1) is 0 Å². The predicted octanol–water partition coefficient (Wildman–Crippen LogP) is 3.48. The van der Waals surface area contributed by atoms with Gasteiger partial charge in [-0.25, -0.2) is 0 Å². The monoisotopic (exact) mass is 285 g/mol. The largest absolute Gasteiger partial charge is 0.508 e. The molecule has 0 bridgehead atoms. The van der Waals surface area contributed by atoms with E-state index < -0.39 is 0 Å². The number of phenols is 1. The Kier molecular flexibility index (Phi) is 5.23. The summed E-state index contributed by atoms with van der Waals surface area (Å²) < 4.78 is 5.30. The number of hydrogen-bond acceptors (Lipinski definition) is 3. The summed E-state index contributed by atoms with van der Waals surface area (Å²) in [5.41, 5.74) is 2.13. The van der Waals surface area contributed by atoms with Crippen LogP contribution in [0.3, 0.4) is 0 Å². The predicted molar refractivity (Wildman–Crippen MR) is 86.1 cm³/mol. The van der Waals surface area contributed by atoms with E-state index in [1.54, 1.807) is 19.2 Å². The van der Waals surface area contributed by atoms with Gasteiger partial charge in [-0.3, -0.25) is 0 Å². The molecule has 0 radical (unpaired) electrons. The van der Waals surface area contributed by atoms with Crippen LogP contribution in [-0.4, -0.2) is 37.8 Å². The number of ether oxygens (including phenoxy) is 1. The third-order valence-electron chi connectivity index (χ3n) is 3.68. The maximum atomic E-state index is 10.3. The number of hydrogen-bond donors (Lipinski definition) is 1. The lowest BCUT2D eigenvalue weighted by molar-refractivity contribution is 0.384. The molecular formula is C18H23NO2. The molecule has 112 valence electrons. The molecule has 1 N–H and O–H groups in total. The van der Waals surface area contributed by atoms with Crippen LogP contribution in [0.15, 0.2) is 48.5 Å². The summed E-state index contributed by atoms with van der Waals surface area (Å²) in [5, 5.41) is 10.3.